The van der Waals surface area contributed by atoms with Crippen molar-refractivity contribution in [3.63, 3.8) is 0 Å². The van der Waals surface area contributed by atoms with Gasteiger partial charge in [-0.05, 0) is 24.1 Å². The topological polar surface area (TPSA) is 26.3 Å². The predicted octanol–water partition coefficient (Wildman–Crippen LogP) is 3.53. The lowest BCUT2D eigenvalue weighted by Gasteiger charge is -2.04. The minimum Gasteiger partial charge on any atom is -0.385 e. The Labute approximate surface area is 106 Å². The molecule has 2 nitrogen and oxygen atoms in total. The van der Waals surface area contributed by atoms with Crippen molar-refractivity contribution >= 4 is 29.0 Å². The lowest BCUT2D eigenvalue weighted by Crippen LogP contribution is -2.04. The summed E-state index contributed by atoms with van der Waals surface area (Å²) >= 11 is 11.7. The third-order valence-corrected chi connectivity index (χ3v) is 2.79. The normalized spacial score (nSPS) is 10.4. The fourth-order valence-corrected chi connectivity index (χ4v) is 1.85. The highest BCUT2D eigenvalue weighted by atomic mass is 35.5. The van der Waals surface area contributed by atoms with Gasteiger partial charge in [0.2, 0.25) is 0 Å². The SMILES string of the molecule is COCCCC(=O)Cc1ccc(Cl)cc1Cl. The summed E-state index contributed by atoms with van der Waals surface area (Å²) in [5.41, 5.74) is 0.827. The Hall–Kier alpha value is -0.570. The molecule has 0 N–H and O–H groups in total. The summed E-state index contributed by atoms with van der Waals surface area (Å²) in [5.74, 6) is 0.168. The summed E-state index contributed by atoms with van der Waals surface area (Å²) in [7, 11) is 1.63. The summed E-state index contributed by atoms with van der Waals surface area (Å²) in [5, 5.41) is 1.13. The molecular weight excluding hydrogens is 247 g/mol. The van der Waals surface area contributed by atoms with Crippen LogP contribution >= 0.6 is 23.2 Å². The number of methoxy groups -OCH3 is 1. The fourth-order valence-electron chi connectivity index (χ4n) is 1.38. The number of benzene rings is 1. The molecule has 0 radical (unpaired) electrons. The van der Waals surface area contributed by atoms with Crippen molar-refractivity contribution in [2.75, 3.05) is 13.7 Å². The Morgan fingerprint density at radius 3 is 2.75 bits per heavy atom. The number of ketones is 1. The van der Waals surface area contributed by atoms with Gasteiger partial charge in [0.25, 0.3) is 0 Å². The van der Waals surface area contributed by atoms with Crippen LogP contribution in [0, 0.1) is 0 Å². The van der Waals surface area contributed by atoms with E-state index in [1.54, 1.807) is 25.3 Å². The van der Waals surface area contributed by atoms with E-state index in [0.29, 0.717) is 29.5 Å². The molecule has 0 aromatic heterocycles. The Bertz CT molecular complexity index is 364. The first-order valence-electron chi connectivity index (χ1n) is 5.08. The highest BCUT2D eigenvalue weighted by molar-refractivity contribution is 6.35. The van der Waals surface area contributed by atoms with E-state index >= 15 is 0 Å². The van der Waals surface area contributed by atoms with E-state index in [1.807, 2.05) is 0 Å². The van der Waals surface area contributed by atoms with Crippen LogP contribution in [0.3, 0.4) is 0 Å². The molecule has 0 saturated heterocycles. The number of carbonyl (C=O) groups is 1. The molecule has 0 spiro atoms. The maximum Gasteiger partial charge on any atom is 0.137 e. The number of hydrogen-bond donors (Lipinski definition) is 0. The van der Waals surface area contributed by atoms with Crippen molar-refractivity contribution in [3.8, 4) is 0 Å². The van der Waals surface area contributed by atoms with Gasteiger partial charge in [0, 0.05) is 36.6 Å². The van der Waals surface area contributed by atoms with Gasteiger partial charge in [0.1, 0.15) is 5.78 Å². The second kappa shape index (κ2) is 6.89. The molecule has 0 aliphatic rings. The average molecular weight is 261 g/mol. The quantitative estimate of drug-likeness (QED) is 0.732. The standard InChI is InChI=1S/C12H14Cl2O2/c1-16-6-2-3-11(15)7-9-4-5-10(13)8-12(9)14/h4-5,8H,2-3,6-7H2,1H3. The van der Waals surface area contributed by atoms with Crippen LogP contribution in [0.25, 0.3) is 0 Å². The Morgan fingerprint density at radius 1 is 1.38 bits per heavy atom. The molecule has 1 aromatic carbocycles. The minimum absolute atomic E-state index is 0.168. The summed E-state index contributed by atoms with van der Waals surface area (Å²) in [6.07, 6.45) is 1.63. The number of carbonyl (C=O) groups excluding carboxylic acids is 1. The zero-order valence-electron chi connectivity index (χ0n) is 9.13. The van der Waals surface area contributed by atoms with E-state index in [-0.39, 0.29) is 5.78 Å². The molecule has 0 atom stereocenters. The van der Waals surface area contributed by atoms with Gasteiger partial charge in [-0.25, -0.2) is 0 Å². The maximum absolute atomic E-state index is 11.6. The zero-order valence-corrected chi connectivity index (χ0v) is 10.6. The summed E-state index contributed by atoms with van der Waals surface area (Å²) in [6.45, 7) is 0.611. The van der Waals surface area contributed by atoms with Crippen molar-refractivity contribution in [3.05, 3.63) is 33.8 Å². The van der Waals surface area contributed by atoms with Crippen LogP contribution in [0.1, 0.15) is 18.4 Å². The number of Topliss-reactive ketones (excluding diaryl/α,β-unsaturated/α-hetero) is 1. The lowest BCUT2D eigenvalue weighted by atomic mass is 10.1. The van der Waals surface area contributed by atoms with Crippen LogP contribution in [-0.2, 0) is 16.0 Å². The molecule has 0 unspecified atom stereocenters. The monoisotopic (exact) mass is 260 g/mol. The van der Waals surface area contributed by atoms with Crippen LogP contribution in [0.4, 0.5) is 0 Å². The van der Waals surface area contributed by atoms with Crippen LogP contribution < -0.4 is 0 Å². The molecule has 0 aliphatic heterocycles. The Morgan fingerprint density at radius 2 is 2.12 bits per heavy atom. The van der Waals surface area contributed by atoms with Crippen molar-refractivity contribution < 1.29 is 9.53 Å². The van der Waals surface area contributed by atoms with Gasteiger partial charge < -0.3 is 4.74 Å². The maximum atomic E-state index is 11.6. The van der Waals surface area contributed by atoms with Crippen LogP contribution in [0.15, 0.2) is 18.2 Å². The van der Waals surface area contributed by atoms with Crippen molar-refractivity contribution in [1.29, 1.82) is 0 Å². The van der Waals surface area contributed by atoms with Crippen molar-refractivity contribution in [1.82, 2.24) is 0 Å². The van der Waals surface area contributed by atoms with E-state index in [4.69, 9.17) is 27.9 Å². The van der Waals surface area contributed by atoms with Crippen LogP contribution in [0.2, 0.25) is 10.0 Å². The van der Waals surface area contributed by atoms with E-state index in [1.165, 1.54) is 0 Å². The lowest BCUT2D eigenvalue weighted by molar-refractivity contribution is -0.118. The van der Waals surface area contributed by atoms with E-state index in [0.717, 1.165) is 12.0 Å². The van der Waals surface area contributed by atoms with Gasteiger partial charge in [-0.3, -0.25) is 4.79 Å². The highest BCUT2D eigenvalue weighted by Crippen LogP contribution is 2.21. The second-order valence-corrected chi connectivity index (χ2v) is 4.39. The Balaban J connectivity index is 2.49. The third-order valence-electron chi connectivity index (χ3n) is 2.21. The first-order valence-corrected chi connectivity index (χ1v) is 5.83. The fraction of sp³-hybridized carbons (Fsp3) is 0.417. The number of ether oxygens (including phenoxy) is 1. The molecule has 0 amide bonds. The molecule has 0 aliphatic carbocycles. The van der Waals surface area contributed by atoms with Gasteiger partial charge in [-0.15, -0.1) is 0 Å². The molecule has 88 valence electrons. The smallest absolute Gasteiger partial charge is 0.137 e. The zero-order chi connectivity index (χ0) is 12.0. The average Bonchev–Trinajstić information content (AvgIpc) is 2.23. The first kappa shape index (κ1) is 13.5. The molecule has 0 saturated carbocycles. The largest absolute Gasteiger partial charge is 0.385 e. The summed E-state index contributed by atoms with van der Waals surface area (Å²) in [6, 6.07) is 5.19. The minimum atomic E-state index is 0.168. The first-order chi connectivity index (χ1) is 7.63. The molecule has 0 bridgehead atoms. The second-order valence-electron chi connectivity index (χ2n) is 3.55. The number of halogens is 2. The van der Waals surface area contributed by atoms with Crippen LogP contribution in [-0.4, -0.2) is 19.5 Å². The molecule has 0 fully saturated rings. The summed E-state index contributed by atoms with van der Waals surface area (Å²) in [4.78, 5) is 11.6. The van der Waals surface area contributed by atoms with Gasteiger partial charge in [-0.2, -0.15) is 0 Å². The van der Waals surface area contributed by atoms with E-state index in [9.17, 15) is 4.79 Å². The third kappa shape index (κ3) is 4.52. The molecule has 1 aromatic rings. The molecule has 1 rings (SSSR count). The van der Waals surface area contributed by atoms with E-state index < -0.39 is 0 Å². The van der Waals surface area contributed by atoms with Gasteiger partial charge in [-0.1, -0.05) is 29.3 Å². The number of hydrogen-bond acceptors (Lipinski definition) is 2. The van der Waals surface area contributed by atoms with Gasteiger partial charge >= 0.3 is 0 Å². The molecule has 16 heavy (non-hydrogen) atoms. The van der Waals surface area contributed by atoms with Gasteiger partial charge in [0.15, 0.2) is 0 Å². The van der Waals surface area contributed by atoms with E-state index in [2.05, 4.69) is 0 Å². The van der Waals surface area contributed by atoms with Crippen molar-refractivity contribution in [2.45, 2.75) is 19.3 Å². The van der Waals surface area contributed by atoms with Crippen molar-refractivity contribution in [2.24, 2.45) is 0 Å². The molecule has 4 heteroatoms. The molecule has 0 heterocycles. The Kier molecular flexibility index (Phi) is 5.81. The van der Waals surface area contributed by atoms with Crippen LogP contribution in [0.5, 0.6) is 0 Å². The predicted molar refractivity (Wildman–Crippen MR) is 66.3 cm³/mol. The highest BCUT2D eigenvalue weighted by Gasteiger charge is 2.07. The summed E-state index contributed by atoms with van der Waals surface area (Å²) < 4.78 is 4.89. The number of rotatable bonds is 6. The molecular formula is C12H14Cl2O2. The van der Waals surface area contributed by atoms with Gasteiger partial charge in [0.05, 0.1) is 0 Å².